The summed E-state index contributed by atoms with van der Waals surface area (Å²) in [6.07, 6.45) is 2.09. The first-order chi connectivity index (χ1) is 7.68. The second kappa shape index (κ2) is 4.61. The van der Waals surface area contributed by atoms with E-state index in [-0.39, 0.29) is 5.11 Å². The van der Waals surface area contributed by atoms with Crippen molar-refractivity contribution in [1.29, 1.82) is 0 Å². The normalized spacial score (nSPS) is 21.6. The molecule has 0 aromatic heterocycles. The van der Waals surface area contributed by atoms with Gasteiger partial charge >= 0.3 is 0 Å². The van der Waals surface area contributed by atoms with Crippen molar-refractivity contribution in [3.8, 4) is 0 Å². The van der Waals surface area contributed by atoms with Crippen molar-refractivity contribution in [3.05, 3.63) is 35.4 Å². The second-order valence-corrected chi connectivity index (χ2v) is 4.50. The summed E-state index contributed by atoms with van der Waals surface area (Å²) in [5, 5.41) is 4.47. The van der Waals surface area contributed by atoms with E-state index in [1.54, 1.807) is 0 Å². The van der Waals surface area contributed by atoms with Gasteiger partial charge in [0, 0.05) is 5.56 Å². The van der Waals surface area contributed by atoms with Crippen molar-refractivity contribution >= 4 is 23.0 Å². The number of hydrogen-bond donors (Lipinski definition) is 2. The van der Waals surface area contributed by atoms with Crippen molar-refractivity contribution in [1.82, 2.24) is 5.43 Å². The smallest absolute Gasteiger partial charge is 0.184 e. The van der Waals surface area contributed by atoms with Gasteiger partial charge in [-0.1, -0.05) is 31.2 Å². The zero-order chi connectivity index (χ0) is 11.5. The summed E-state index contributed by atoms with van der Waals surface area (Å²) in [6.45, 7) is 2.25. The maximum absolute atomic E-state index is 5.37. The van der Waals surface area contributed by atoms with Gasteiger partial charge in [-0.25, -0.2) is 0 Å². The van der Waals surface area contributed by atoms with Gasteiger partial charge in [0.2, 0.25) is 0 Å². The quantitative estimate of drug-likeness (QED) is 0.577. The topological polar surface area (TPSA) is 50.4 Å². The number of thiocarbonyl (C=S) groups is 1. The van der Waals surface area contributed by atoms with E-state index in [1.807, 2.05) is 6.07 Å². The van der Waals surface area contributed by atoms with Gasteiger partial charge in [0.1, 0.15) is 0 Å². The van der Waals surface area contributed by atoms with E-state index >= 15 is 0 Å². The third-order valence-corrected chi connectivity index (χ3v) is 3.01. The highest BCUT2D eigenvalue weighted by atomic mass is 32.1. The van der Waals surface area contributed by atoms with Crippen LogP contribution in [-0.4, -0.2) is 10.8 Å². The average Bonchev–Trinajstić information content (AvgIpc) is 2.28. The third-order valence-electron chi connectivity index (χ3n) is 2.92. The number of benzene rings is 1. The lowest BCUT2D eigenvalue weighted by atomic mass is 9.83. The first-order valence-corrected chi connectivity index (χ1v) is 5.80. The minimum Gasteiger partial charge on any atom is -0.375 e. The molecular weight excluding hydrogens is 218 g/mol. The fraction of sp³-hybridized carbons (Fsp3) is 0.333. The highest BCUT2D eigenvalue weighted by molar-refractivity contribution is 7.80. The predicted molar refractivity (Wildman–Crippen MR) is 70.5 cm³/mol. The van der Waals surface area contributed by atoms with Crippen LogP contribution in [0.4, 0.5) is 0 Å². The van der Waals surface area contributed by atoms with Crippen LogP contribution in [0.3, 0.4) is 0 Å². The van der Waals surface area contributed by atoms with Gasteiger partial charge in [0.05, 0.1) is 5.71 Å². The van der Waals surface area contributed by atoms with Crippen molar-refractivity contribution in [2.45, 2.75) is 25.7 Å². The molecule has 0 spiro atoms. The number of rotatable bonds is 1. The molecule has 16 heavy (non-hydrogen) atoms. The zero-order valence-corrected chi connectivity index (χ0v) is 10.1. The van der Waals surface area contributed by atoms with Crippen LogP contribution in [0.2, 0.25) is 0 Å². The van der Waals surface area contributed by atoms with E-state index < -0.39 is 0 Å². The minimum absolute atomic E-state index is 0.212. The van der Waals surface area contributed by atoms with Crippen LogP contribution >= 0.6 is 12.2 Å². The number of nitrogens with zero attached hydrogens (tertiary/aromatic N) is 1. The van der Waals surface area contributed by atoms with Crippen LogP contribution in [-0.2, 0) is 0 Å². The Balaban J connectivity index is 2.34. The summed E-state index contributed by atoms with van der Waals surface area (Å²) < 4.78 is 0. The Labute approximate surface area is 101 Å². The molecule has 0 amide bonds. The van der Waals surface area contributed by atoms with Crippen molar-refractivity contribution in [2.24, 2.45) is 10.8 Å². The summed E-state index contributed by atoms with van der Waals surface area (Å²) in [5.41, 5.74) is 11.7. The molecule has 1 unspecified atom stereocenters. The maximum atomic E-state index is 5.37. The first-order valence-electron chi connectivity index (χ1n) is 5.40. The van der Waals surface area contributed by atoms with E-state index in [9.17, 15) is 0 Å². The monoisotopic (exact) mass is 233 g/mol. The molecule has 3 nitrogen and oxygen atoms in total. The van der Waals surface area contributed by atoms with Crippen LogP contribution in [0.25, 0.3) is 0 Å². The van der Waals surface area contributed by atoms with E-state index in [0.29, 0.717) is 5.92 Å². The van der Waals surface area contributed by atoms with Gasteiger partial charge in [-0.05, 0) is 36.5 Å². The van der Waals surface area contributed by atoms with Gasteiger partial charge in [0.25, 0.3) is 0 Å². The molecule has 2 rings (SSSR count). The molecule has 0 bridgehead atoms. The summed E-state index contributed by atoms with van der Waals surface area (Å²) in [7, 11) is 0. The SMILES string of the molecule is CC1CC/C(=N/NC(N)=S)c2ccccc21. The first kappa shape index (κ1) is 11.1. The summed E-state index contributed by atoms with van der Waals surface area (Å²) >= 11 is 4.75. The predicted octanol–water partition coefficient (Wildman–Crippen LogP) is 2.12. The largest absolute Gasteiger partial charge is 0.375 e. The van der Waals surface area contributed by atoms with E-state index in [4.69, 9.17) is 18.0 Å². The van der Waals surface area contributed by atoms with E-state index in [1.165, 1.54) is 11.1 Å². The van der Waals surface area contributed by atoms with Crippen molar-refractivity contribution < 1.29 is 0 Å². The molecule has 1 aromatic carbocycles. The van der Waals surface area contributed by atoms with Crippen molar-refractivity contribution in [3.63, 3.8) is 0 Å². The number of hydrogen-bond acceptors (Lipinski definition) is 2. The molecule has 1 aliphatic carbocycles. The Bertz CT molecular complexity index is 440. The van der Waals surface area contributed by atoms with E-state index in [0.717, 1.165) is 18.6 Å². The van der Waals surface area contributed by atoms with Gasteiger partial charge in [-0.15, -0.1) is 0 Å². The summed E-state index contributed by atoms with van der Waals surface area (Å²) in [6, 6.07) is 8.37. The fourth-order valence-corrected chi connectivity index (χ4v) is 2.12. The lowest BCUT2D eigenvalue weighted by Gasteiger charge is -2.23. The highest BCUT2D eigenvalue weighted by Gasteiger charge is 2.20. The number of hydrazone groups is 1. The third kappa shape index (κ3) is 2.22. The Morgan fingerprint density at radius 3 is 3.00 bits per heavy atom. The number of fused-ring (bicyclic) bond motifs is 1. The van der Waals surface area contributed by atoms with Crippen LogP contribution in [0.5, 0.6) is 0 Å². The van der Waals surface area contributed by atoms with Gasteiger partial charge in [-0.3, -0.25) is 5.43 Å². The standard InChI is InChI=1S/C12H15N3S/c1-8-6-7-11(14-15-12(13)16)10-5-3-2-4-9(8)10/h2-5,8H,6-7H2,1H3,(H3,13,15,16)/b14-11-. The van der Waals surface area contributed by atoms with Gasteiger partial charge in [0.15, 0.2) is 5.11 Å². The van der Waals surface area contributed by atoms with Crippen LogP contribution in [0.15, 0.2) is 29.4 Å². The fourth-order valence-electron chi connectivity index (χ4n) is 2.07. The van der Waals surface area contributed by atoms with Crippen molar-refractivity contribution in [2.75, 3.05) is 0 Å². The molecule has 0 fully saturated rings. The van der Waals surface area contributed by atoms with E-state index in [2.05, 4.69) is 35.7 Å². The molecule has 0 saturated carbocycles. The molecule has 0 aliphatic heterocycles. The second-order valence-electron chi connectivity index (χ2n) is 4.06. The highest BCUT2D eigenvalue weighted by Crippen LogP contribution is 2.30. The Kier molecular flexibility index (Phi) is 3.19. The lowest BCUT2D eigenvalue weighted by molar-refractivity contribution is 0.682. The minimum atomic E-state index is 0.212. The summed E-state index contributed by atoms with van der Waals surface area (Å²) in [5.74, 6) is 0.597. The molecule has 3 N–H and O–H groups in total. The molecule has 1 aliphatic rings. The molecule has 1 aromatic rings. The Morgan fingerprint density at radius 1 is 1.50 bits per heavy atom. The molecule has 1 atom stereocenters. The Morgan fingerprint density at radius 2 is 2.25 bits per heavy atom. The average molecular weight is 233 g/mol. The number of nitrogens with two attached hydrogens (primary N) is 1. The Hall–Kier alpha value is -1.42. The number of nitrogens with one attached hydrogen (secondary N) is 1. The van der Waals surface area contributed by atoms with Crippen LogP contribution in [0.1, 0.15) is 36.8 Å². The molecule has 84 valence electrons. The van der Waals surface area contributed by atoms with Crippen LogP contribution in [0, 0.1) is 0 Å². The molecule has 0 heterocycles. The maximum Gasteiger partial charge on any atom is 0.184 e. The molecular formula is C12H15N3S. The van der Waals surface area contributed by atoms with Crippen LogP contribution < -0.4 is 11.2 Å². The summed E-state index contributed by atoms with van der Waals surface area (Å²) in [4.78, 5) is 0. The lowest BCUT2D eigenvalue weighted by Crippen LogP contribution is -2.27. The van der Waals surface area contributed by atoms with Gasteiger partial charge in [-0.2, -0.15) is 5.10 Å². The molecule has 4 heteroatoms. The van der Waals surface area contributed by atoms with Gasteiger partial charge < -0.3 is 5.73 Å². The molecule has 0 radical (unpaired) electrons. The molecule has 0 saturated heterocycles. The zero-order valence-electron chi connectivity index (χ0n) is 9.23.